The van der Waals surface area contributed by atoms with Gasteiger partial charge in [0.25, 0.3) is 5.91 Å². The third-order valence-corrected chi connectivity index (χ3v) is 3.39. The number of aromatic nitrogens is 2. The van der Waals surface area contributed by atoms with Gasteiger partial charge in [-0.2, -0.15) is 0 Å². The van der Waals surface area contributed by atoms with Crippen molar-refractivity contribution >= 4 is 16.9 Å². The van der Waals surface area contributed by atoms with Crippen LogP contribution in [0, 0.1) is 5.82 Å². The van der Waals surface area contributed by atoms with Crippen LogP contribution in [0.15, 0.2) is 47.3 Å². The van der Waals surface area contributed by atoms with Crippen LogP contribution in [0.4, 0.5) is 4.39 Å². The van der Waals surface area contributed by atoms with Crippen LogP contribution < -0.4 is 11.0 Å². The van der Waals surface area contributed by atoms with Gasteiger partial charge in [-0.15, -0.1) is 0 Å². The van der Waals surface area contributed by atoms with Crippen molar-refractivity contribution in [3.63, 3.8) is 0 Å². The lowest BCUT2D eigenvalue weighted by molar-refractivity contribution is 0.0954. The number of H-pyrrole nitrogens is 2. The molecule has 0 saturated heterocycles. The second-order valence-corrected chi connectivity index (χ2v) is 4.97. The molecule has 0 spiro atoms. The summed E-state index contributed by atoms with van der Waals surface area (Å²) in [4.78, 5) is 28.5. The molecular formula is C16H14FN3O2. The van der Waals surface area contributed by atoms with Gasteiger partial charge in [0.15, 0.2) is 0 Å². The Kier molecular flexibility index (Phi) is 3.74. The summed E-state index contributed by atoms with van der Waals surface area (Å²) in [5.74, 6) is -0.493. The molecule has 0 aliphatic heterocycles. The fourth-order valence-corrected chi connectivity index (χ4v) is 2.25. The molecule has 3 rings (SSSR count). The molecule has 3 N–H and O–H groups in total. The molecule has 112 valence electrons. The van der Waals surface area contributed by atoms with E-state index in [1.54, 1.807) is 30.3 Å². The first-order chi connectivity index (χ1) is 10.6. The first-order valence-corrected chi connectivity index (χ1v) is 6.86. The average Bonchev–Trinajstić information content (AvgIpc) is 2.88. The SMILES string of the molecule is O=C(NCCc1ccc(F)cc1)c1ccc2[nH]c(=O)[nH]c2c1. The predicted octanol–water partition coefficient (Wildman–Crippen LogP) is 1.97. The summed E-state index contributed by atoms with van der Waals surface area (Å²) in [6, 6.07) is 11.1. The van der Waals surface area contributed by atoms with Crippen LogP contribution in [0.5, 0.6) is 0 Å². The van der Waals surface area contributed by atoms with Crippen molar-refractivity contribution in [2.24, 2.45) is 0 Å². The second-order valence-electron chi connectivity index (χ2n) is 4.97. The summed E-state index contributed by atoms with van der Waals surface area (Å²) in [5.41, 5.74) is 2.38. The predicted molar refractivity (Wildman–Crippen MR) is 81.4 cm³/mol. The molecule has 0 aliphatic carbocycles. The molecule has 0 aliphatic rings. The molecule has 0 unspecified atom stereocenters. The molecule has 6 heteroatoms. The number of rotatable bonds is 4. The van der Waals surface area contributed by atoms with Gasteiger partial charge in [0.1, 0.15) is 5.82 Å². The van der Waals surface area contributed by atoms with E-state index in [9.17, 15) is 14.0 Å². The maximum atomic E-state index is 12.8. The van der Waals surface area contributed by atoms with Crippen molar-refractivity contribution in [2.45, 2.75) is 6.42 Å². The van der Waals surface area contributed by atoms with Crippen molar-refractivity contribution in [1.82, 2.24) is 15.3 Å². The van der Waals surface area contributed by atoms with Gasteiger partial charge in [-0.3, -0.25) is 4.79 Å². The van der Waals surface area contributed by atoms with E-state index in [1.807, 2.05) is 0 Å². The smallest absolute Gasteiger partial charge is 0.323 e. The number of carbonyl (C=O) groups excluding carboxylic acids is 1. The Balaban J connectivity index is 1.63. The van der Waals surface area contributed by atoms with Crippen LogP contribution in [0.25, 0.3) is 11.0 Å². The Hall–Kier alpha value is -2.89. The molecule has 1 aromatic heterocycles. The topological polar surface area (TPSA) is 77.8 Å². The van der Waals surface area contributed by atoms with Crippen molar-refractivity contribution < 1.29 is 9.18 Å². The molecule has 1 heterocycles. The van der Waals surface area contributed by atoms with Gasteiger partial charge in [-0.1, -0.05) is 12.1 Å². The minimum Gasteiger partial charge on any atom is -0.352 e. The molecule has 2 aromatic carbocycles. The first kappa shape index (κ1) is 14.1. The van der Waals surface area contributed by atoms with E-state index in [0.717, 1.165) is 5.56 Å². The zero-order valence-electron chi connectivity index (χ0n) is 11.7. The van der Waals surface area contributed by atoms with E-state index in [1.165, 1.54) is 12.1 Å². The Morgan fingerprint density at radius 2 is 1.77 bits per heavy atom. The van der Waals surface area contributed by atoms with Crippen LogP contribution in [-0.2, 0) is 6.42 Å². The van der Waals surface area contributed by atoms with Crippen LogP contribution >= 0.6 is 0 Å². The molecule has 5 nitrogen and oxygen atoms in total. The Morgan fingerprint density at radius 1 is 1.05 bits per heavy atom. The summed E-state index contributed by atoms with van der Waals surface area (Å²) in [7, 11) is 0. The van der Waals surface area contributed by atoms with Gasteiger partial charge >= 0.3 is 5.69 Å². The monoisotopic (exact) mass is 299 g/mol. The van der Waals surface area contributed by atoms with Crippen molar-refractivity contribution in [1.29, 1.82) is 0 Å². The second kappa shape index (κ2) is 5.85. The fourth-order valence-electron chi connectivity index (χ4n) is 2.25. The minimum atomic E-state index is -0.302. The zero-order chi connectivity index (χ0) is 15.5. The lowest BCUT2D eigenvalue weighted by Gasteiger charge is -2.05. The highest BCUT2D eigenvalue weighted by Crippen LogP contribution is 2.10. The largest absolute Gasteiger partial charge is 0.352 e. The van der Waals surface area contributed by atoms with Crippen LogP contribution in [-0.4, -0.2) is 22.4 Å². The molecule has 0 bridgehead atoms. The van der Waals surface area contributed by atoms with E-state index in [2.05, 4.69) is 15.3 Å². The average molecular weight is 299 g/mol. The number of carbonyl (C=O) groups is 1. The van der Waals surface area contributed by atoms with E-state index in [4.69, 9.17) is 0 Å². The molecule has 0 radical (unpaired) electrons. The van der Waals surface area contributed by atoms with Gasteiger partial charge in [0, 0.05) is 12.1 Å². The maximum Gasteiger partial charge on any atom is 0.323 e. The number of nitrogens with one attached hydrogen (secondary N) is 3. The van der Waals surface area contributed by atoms with Crippen LogP contribution in [0.2, 0.25) is 0 Å². The standard InChI is InChI=1S/C16H14FN3O2/c17-12-4-1-10(2-5-12)7-8-18-15(21)11-3-6-13-14(9-11)20-16(22)19-13/h1-6,9H,7-8H2,(H,18,21)(H2,19,20,22). The lowest BCUT2D eigenvalue weighted by atomic mass is 10.1. The lowest BCUT2D eigenvalue weighted by Crippen LogP contribution is -2.25. The molecular weight excluding hydrogens is 285 g/mol. The highest BCUT2D eigenvalue weighted by Gasteiger charge is 2.07. The number of imidazole rings is 1. The van der Waals surface area contributed by atoms with Gasteiger partial charge in [-0.25, -0.2) is 9.18 Å². The van der Waals surface area contributed by atoms with E-state index in [-0.39, 0.29) is 17.4 Å². The van der Waals surface area contributed by atoms with Crippen LogP contribution in [0.1, 0.15) is 15.9 Å². The fraction of sp³-hybridized carbons (Fsp3) is 0.125. The molecule has 0 fully saturated rings. The highest BCUT2D eigenvalue weighted by molar-refractivity contribution is 5.97. The molecule has 0 saturated carbocycles. The molecule has 1 amide bonds. The summed E-state index contributed by atoms with van der Waals surface area (Å²) in [5, 5.41) is 2.80. The third-order valence-electron chi connectivity index (χ3n) is 3.39. The number of fused-ring (bicyclic) bond motifs is 1. The van der Waals surface area contributed by atoms with Gasteiger partial charge in [-0.05, 0) is 42.3 Å². The maximum absolute atomic E-state index is 12.8. The first-order valence-electron chi connectivity index (χ1n) is 6.86. The number of hydrogen-bond donors (Lipinski definition) is 3. The van der Waals surface area contributed by atoms with Crippen LogP contribution in [0.3, 0.4) is 0 Å². The van der Waals surface area contributed by atoms with Crippen molar-refractivity contribution in [3.05, 3.63) is 69.9 Å². The number of amides is 1. The van der Waals surface area contributed by atoms with Gasteiger partial charge in [0.2, 0.25) is 0 Å². The van der Waals surface area contributed by atoms with Gasteiger partial charge < -0.3 is 15.3 Å². The summed E-state index contributed by atoms with van der Waals surface area (Å²) in [6.45, 7) is 0.451. The van der Waals surface area contributed by atoms with Crippen molar-refractivity contribution in [3.8, 4) is 0 Å². The van der Waals surface area contributed by atoms with E-state index >= 15 is 0 Å². The number of benzene rings is 2. The van der Waals surface area contributed by atoms with E-state index in [0.29, 0.717) is 29.6 Å². The number of hydrogen-bond acceptors (Lipinski definition) is 2. The molecule has 0 atom stereocenters. The van der Waals surface area contributed by atoms with Crippen molar-refractivity contribution in [2.75, 3.05) is 6.54 Å². The quantitative estimate of drug-likeness (QED) is 0.688. The Morgan fingerprint density at radius 3 is 2.55 bits per heavy atom. The summed E-state index contributed by atoms with van der Waals surface area (Å²) < 4.78 is 12.8. The molecule has 3 aromatic rings. The normalized spacial score (nSPS) is 10.8. The number of halogens is 1. The van der Waals surface area contributed by atoms with E-state index < -0.39 is 0 Å². The summed E-state index contributed by atoms with van der Waals surface area (Å²) >= 11 is 0. The minimum absolute atomic E-state index is 0.217. The summed E-state index contributed by atoms with van der Waals surface area (Å²) in [6.07, 6.45) is 0.620. The highest BCUT2D eigenvalue weighted by atomic mass is 19.1. The zero-order valence-corrected chi connectivity index (χ0v) is 11.7. The third kappa shape index (κ3) is 3.06. The Bertz CT molecular complexity index is 865. The van der Waals surface area contributed by atoms with Gasteiger partial charge in [0.05, 0.1) is 11.0 Å². The number of aromatic amines is 2. The Labute approximate surface area is 125 Å². The molecule has 22 heavy (non-hydrogen) atoms.